The van der Waals surface area contributed by atoms with Crippen molar-refractivity contribution in [3.63, 3.8) is 0 Å². The first-order valence-corrected chi connectivity index (χ1v) is 11.3. The lowest BCUT2D eigenvalue weighted by Crippen LogP contribution is -2.26. The summed E-state index contributed by atoms with van der Waals surface area (Å²) in [6.07, 6.45) is 1.09. The first kappa shape index (κ1) is 20.3. The van der Waals surface area contributed by atoms with Crippen molar-refractivity contribution in [2.45, 2.75) is 19.6 Å². The summed E-state index contributed by atoms with van der Waals surface area (Å²) in [5, 5.41) is 2.89. The van der Waals surface area contributed by atoms with Gasteiger partial charge in [-0.1, -0.05) is 35.9 Å². The number of amides is 1. The van der Waals surface area contributed by atoms with Crippen LogP contribution in [0.2, 0.25) is 0 Å². The van der Waals surface area contributed by atoms with E-state index >= 15 is 0 Å². The number of thioether (sulfide) groups is 1. The van der Waals surface area contributed by atoms with Crippen molar-refractivity contribution in [3.8, 4) is 0 Å². The van der Waals surface area contributed by atoms with E-state index in [9.17, 15) is 13.2 Å². The monoisotopic (exact) mass is 392 g/mol. The molecular formula is C19H24N2O3S2. The Morgan fingerprint density at radius 2 is 1.85 bits per heavy atom. The fourth-order valence-corrected chi connectivity index (χ4v) is 3.94. The molecule has 0 radical (unpaired) electrons. The van der Waals surface area contributed by atoms with Crippen LogP contribution in [0.1, 0.15) is 27.0 Å². The highest BCUT2D eigenvalue weighted by Gasteiger charge is 2.13. The maximum atomic E-state index is 12.4. The molecule has 0 aliphatic rings. The number of nitrogens with one attached hydrogen (secondary N) is 2. The molecule has 1 amide bonds. The fraction of sp³-hybridized carbons (Fsp3) is 0.316. The van der Waals surface area contributed by atoms with Gasteiger partial charge in [-0.05, 0) is 37.1 Å². The molecule has 0 atom stereocenters. The molecule has 2 aromatic carbocycles. The minimum Gasteiger partial charge on any atom is -0.351 e. The molecule has 0 saturated carbocycles. The lowest BCUT2D eigenvalue weighted by atomic mass is 10.1. The molecule has 26 heavy (non-hydrogen) atoms. The van der Waals surface area contributed by atoms with E-state index in [0.717, 1.165) is 17.8 Å². The molecule has 140 valence electrons. The standard InChI is InChI=1S/C19H24N2O3S2/c1-14-6-4-7-16(12-14)13-25-11-10-20-19(22)17-8-5-9-18(15(17)2)21-26(3,23)24/h4-9,12,21H,10-11,13H2,1-3H3,(H,20,22). The average Bonchev–Trinajstić information content (AvgIpc) is 2.55. The highest BCUT2D eigenvalue weighted by Crippen LogP contribution is 2.20. The zero-order valence-electron chi connectivity index (χ0n) is 15.2. The second-order valence-electron chi connectivity index (χ2n) is 6.15. The highest BCUT2D eigenvalue weighted by molar-refractivity contribution is 7.98. The Bertz CT molecular complexity index is 880. The molecular weight excluding hydrogens is 368 g/mol. The van der Waals surface area contributed by atoms with Crippen molar-refractivity contribution < 1.29 is 13.2 Å². The van der Waals surface area contributed by atoms with Crippen LogP contribution in [-0.4, -0.2) is 32.9 Å². The number of carbonyl (C=O) groups excluding carboxylic acids is 1. The topological polar surface area (TPSA) is 75.3 Å². The summed E-state index contributed by atoms with van der Waals surface area (Å²) >= 11 is 1.76. The maximum absolute atomic E-state index is 12.4. The molecule has 2 N–H and O–H groups in total. The lowest BCUT2D eigenvalue weighted by Gasteiger charge is -2.12. The van der Waals surface area contributed by atoms with Crippen LogP contribution in [0.3, 0.4) is 0 Å². The maximum Gasteiger partial charge on any atom is 0.251 e. The van der Waals surface area contributed by atoms with E-state index in [2.05, 4.69) is 35.2 Å². The number of carbonyl (C=O) groups is 1. The summed E-state index contributed by atoms with van der Waals surface area (Å²) in [7, 11) is -3.38. The van der Waals surface area contributed by atoms with Crippen LogP contribution in [0.15, 0.2) is 42.5 Å². The van der Waals surface area contributed by atoms with Crippen LogP contribution in [-0.2, 0) is 15.8 Å². The third-order valence-corrected chi connectivity index (χ3v) is 5.38. The predicted molar refractivity (Wildman–Crippen MR) is 109 cm³/mol. The van der Waals surface area contributed by atoms with Crippen LogP contribution < -0.4 is 10.0 Å². The number of aryl methyl sites for hydroxylation is 1. The molecule has 0 unspecified atom stereocenters. The summed E-state index contributed by atoms with van der Waals surface area (Å²) in [6.45, 7) is 4.36. The summed E-state index contributed by atoms with van der Waals surface area (Å²) < 4.78 is 25.2. The smallest absolute Gasteiger partial charge is 0.251 e. The van der Waals surface area contributed by atoms with Gasteiger partial charge >= 0.3 is 0 Å². The van der Waals surface area contributed by atoms with E-state index in [1.807, 2.05) is 6.07 Å². The first-order chi connectivity index (χ1) is 12.3. The molecule has 2 rings (SSSR count). The Balaban J connectivity index is 1.85. The van der Waals surface area contributed by atoms with Crippen molar-refractivity contribution in [3.05, 3.63) is 64.7 Å². The fourth-order valence-electron chi connectivity index (χ4n) is 2.52. The van der Waals surface area contributed by atoms with Crippen molar-refractivity contribution in [2.24, 2.45) is 0 Å². The van der Waals surface area contributed by atoms with Crippen molar-refractivity contribution in [1.29, 1.82) is 0 Å². The third-order valence-electron chi connectivity index (χ3n) is 3.76. The van der Waals surface area contributed by atoms with Crippen LogP contribution in [0.25, 0.3) is 0 Å². The van der Waals surface area contributed by atoms with Crippen LogP contribution in [0, 0.1) is 13.8 Å². The van der Waals surface area contributed by atoms with E-state index < -0.39 is 10.0 Å². The quantitative estimate of drug-likeness (QED) is 0.676. The highest BCUT2D eigenvalue weighted by atomic mass is 32.2. The Kier molecular flexibility index (Phi) is 7.11. The number of anilines is 1. The molecule has 0 bridgehead atoms. The van der Waals surface area contributed by atoms with Crippen LogP contribution >= 0.6 is 11.8 Å². The first-order valence-electron chi connectivity index (χ1n) is 8.25. The molecule has 0 aliphatic heterocycles. The molecule has 0 spiro atoms. The predicted octanol–water partition coefficient (Wildman–Crippen LogP) is 3.34. The van der Waals surface area contributed by atoms with Gasteiger partial charge in [0, 0.05) is 23.6 Å². The molecule has 0 fully saturated rings. The summed E-state index contributed by atoms with van der Waals surface area (Å²) in [5.74, 6) is 1.51. The minimum atomic E-state index is -3.38. The van der Waals surface area contributed by atoms with E-state index in [1.165, 1.54) is 11.1 Å². The third kappa shape index (κ3) is 6.38. The van der Waals surface area contributed by atoms with E-state index in [1.54, 1.807) is 36.9 Å². The van der Waals surface area contributed by atoms with Gasteiger partial charge in [-0.25, -0.2) is 8.42 Å². The van der Waals surface area contributed by atoms with Crippen LogP contribution in [0.5, 0.6) is 0 Å². The number of hydrogen-bond acceptors (Lipinski definition) is 4. The number of sulfonamides is 1. The van der Waals surface area contributed by atoms with Crippen molar-refractivity contribution in [2.75, 3.05) is 23.3 Å². The zero-order valence-corrected chi connectivity index (χ0v) is 16.8. The molecule has 0 heterocycles. The van der Waals surface area contributed by atoms with Crippen LogP contribution in [0.4, 0.5) is 5.69 Å². The second-order valence-corrected chi connectivity index (χ2v) is 9.00. The van der Waals surface area contributed by atoms with Gasteiger partial charge in [0.1, 0.15) is 0 Å². The molecule has 0 saturated heterocycles. The number of hydrogen-bond donors (Lipinski definition) is 2. The summed E-state index contributed by atoms with van der Waals surface area (Å²) in [4.78, 5) is 12.4. The zero-order chi connectivity index (χ0) is 19.2. The normalized spacial score (nSPS) is 11.2. The van der Waals surface area contributed by atoms with Gasteiger partial charge in [-0.3, -0.25) is 9.52 Å². The molecule has 7 heteroatoms. The van der Waals surface area contributed by atoms with E-state index in [4.69, 9.17) is 0 Å². The molecule has 5 nitrogen and oxygen atoms in total. The Morgan fingerprint density at radius 1 is 1.12 bits per heavy atom. The molecule has 0 aliphatic carbocycles. The van der Waals surface area contributed by atoms with Gasteiger partial charge in [0.05, 0.1) is 11.9 Å². The Hall–Kier alpha value is -1.99. The number of rotatable bonds is 8. The average molecular weight is 393 g/mol. The molecule has 2 aromatic rings. The van der Waals surface area contributed by atoms with Crippen molar-refractivity contribution in [1.82, 2.24) is 5.32 Å². The van der Waals surface area contributed by atoms with Gasteiger partial charge in [-0.2, -0.15) is 11.8 Å². The number of benzene rings is 2. The van der Waals surface area contributed by atoms with Gasteiger partial charge in [0.15, 0.2) is 0 Å². The Morgan fingerprint density at radius 3 is 2.54 bits per heavy atom. The second kappa shape index (κ2) is 9.09. The van der Waals surface area contributed by atoms with Gasteiger partial charge in [0.25, 0.3) is 5.91 Å². The SMILES string of the molecule is Cc1cccc(CSCCNC(=O)c2cccc(NS(C)(=O)=O)c2C)c1. The van der Waals surface area contributed by atoms with Gasteiger partial charge in [-0.15, -0.1) is 0 Å². The van der Waals surface area contributed by atoms with E-state index in [-0.39, 0.29) is 5.91 Å². The summed E-state index contributed by atoms with van der Waals surface area (Å²) in [6, 6.07) is 13.4. The van der Waals surface area contributed by atoms with Crippen molar-refractivity contribution >= 4 is 33.4 Å². The largest absolute Gasteiger partial charge is 0.351 e. The van der Waals surface area contributed by atoms with Gasteiger partial charge in [0.2, 0.25) is 10.0 Å². The minimum absolute atomic E-state index is 0.198. The Labute approximate surface area is 159 Å². The molecule has 0 aromatic heterocycles. The van der Waals surface area contributed by atoms with E-state index in [0.29, 0.717) is 23.4 Å². The summed E-state index contributed by atoms with van der Waals surface area (Å²) in [5.41, 5.74) is 4.03. The van der Waals surface area contributed by atoms with Gasteiger partial charge < -0.3 is 5.32 Å². The lowest BCUT2D eigenvalue weighted by molar-refractivity contribution is 0.0955.